The van der Waals surface area contributed by atoms with E-state index < -0.39 is 0 Å². The molecule has 0 aliphatic carbocycles. The first-order valence-electron chi connectivity index (χ1n) is 5.61. The topological polar surface area (TPSA) is 54.9 Å². The van der Waals surface area contributed by atoms with E-state index in [9.17, 15) is 4.79 Å². The first-order valence-corrected chi connectivity index (χ1v) is 7.14. The van der Waals surface area contributed by atoms with E-state index in [1.54, 1.807) is 12.1 Å². The fourth-order valence-electron chi connectivity index (χ4n) is 1.79. The van der Waals surface area contributed by atoms with Crippen LogP contribution in [0.3, 0.4) is 0 Å². The smallest absolute Gasteiger partial charge is 0.225 e. The first-order chi connectivity index (χ1) is 8.24. The zero-order valence-electron chi connectivity index (χ0n) is 9.36. The lowest BCUT2D eigenvalue weighted by molar-refractivity contribution is -0.117. The number of nitrogens with zero attached hydrogens (tertiary/aromatic N) is 2. The monoisotopic (exact) mass is 271 g/mol. The van der Waals surface area contributed by atoms with Gasteiger partial charge in [0.2, 0.25) is 5.91 Å². The van der Waals surface area contributed by atoms with Crippen molar-refractivity contribution in [3.05, 3.63) is 17.3 Å². The highest BCUT2D eigenvalue weighted by Crippen LogP contribution is 2.25. The molecule has 0 bridgehead atoms. The Balaban J connectivity index is 1.82. The van der Waals surface area contributed by atoms with Crippen molar-refractivity contribution in [1.29, 1.82) is 0 Å². The van der Waals surface area contributed by atoms with Crippen LogP contribution in [0.5, 0.6) is 0 Å². The second-order valence-electron chi connectivity index (χ2n) is 4.05. The van der Waals surface area contributed by atoms with Crippen LogP contribution in [0.15, 0.2) is 12.1 Å². The summed E-state index contributed by atoms with van der Waals surface area (Å²) in [6.07, 6.45) is 2.83. The van der Waals surface area contributed by atoms with Gasteiger partial charge < -0.3 is 5.32 Å². The van der Waals surface area contributed by atoms with E-state index in [-0.39, 0.29) is 5.91 Å². The summed E-state index contributed by atoms with van der Waals surface area (Å²) >= 11 is 7.58. The molecule has 92 valence electrons. The van der Waals surface area contributed by atoms with Gasteiger partial charge in [0, 0.05) is 6.42 Å². The van der Waals surface area contributed by atoms with Gasteiger partial charge in [-0.25, -0.2) is 0 Å². The number of aromatic nitrogens is 2. The highest BCUT2D eigenvalue weighted by atomic mass is 35.5. The summed E-state index contributed by atoms with van der Waals surface area (Å²) < 4.78 is 0. The molecule has 1 saturated heterocycles. The Labute approximate surface area is 110 Å². The lowest BCUT2D eigenvalue weighted by Crippen LogP contribution is -2.20. The number of carbonyl (C=O) groups is 1. The van der Waals surface area contributed by atoms with Crippen molar-refractivity contribution < 1.29 is 4.79 Å². The van der Waals surface area contributed by atoms with E-state index in [4.69, 9.17) is 11.6 Å². The lowest BCUT2D eigenvalue weighted by Gasteiger charge is -2.20. The van der Waals surface area contributed by atoms with Crippen LogP contribution in [0.4, 0.5) is 5.82 Å². The largest absolute Gasteiger partial charge is 0.309 e. The molecule has 1 aromatic heterocycles. The van der Waals surface area contributed by atoms with E-state index in [2.05, 4.69) is 15.5 Å². The molecular formula is C11H14ClN3OS. The maximum absolute atomic E-state index is 11.7. The van der Waals surface area contributed by atoms with Gasteiger partial charge in [-0.05, 0) is 42.4 Å². The molecule has 2 heterocycles. The van der Waals surface area contributed by atoms with Gasteiger partial charge in [0.15, 0.2) is 11.0 Å². The second-order valence-corrected chi connectivity index (χ2v) is 5.66. The van der Waals surface area contributed by atoms with Gasteiger partial charge in [0.05, 0.1) is 0 Å². The summed E-state index contributed by atoms with van der Waals surface area (Å²) in [6.45, 7) is 0. The quantitative estimate of drug-likeness (QED) is 0.918. The molecule has 1 amide bonds. The molecule has 0 aromatic carbocycles. The summed E-state index contributed by atoms with van der Waals surface area (Å²) in [5.41, 5.74) is 0. The number of carbonyl (C=O) groups excluding carboxylic acids is 1. The molecule has 1 aliphatic heterocycles. The molecule has 0 atom stereocenters. The Morgan fingerprint density at radius 3 is 2.82 bits per heavy atom. The highest BCUT2D eigenvalue weighted by molar-refractivity contribution is 7.99. The fourth-order valence-corrected chi connectivity index (χ4v) is 3.09. The molecular weight excluding hydrogens is 258 g/mol. The van der Waals surface area contributed by atoms with Crippen LogP contribution < -0.4 is 5.32 Å². The average Bonchev–Trinajstić information content (AvgIpc) is 2.33. The molecule has 0 saturated carbocycles. The van der Waals surface area contributed by atoms with Crippen LogP contribution in [0.1, 0.15) is 19.3 Å². The van der Waals surface area contributed by atoms with Crippen molar-refractivity contribution in [3.63, 3.8) is 0 Å². The molecule has 0 spiro atoms. The lowest BCUT2D eigenvalue weighted by atomic mass is 9.98. The number of thioether (sulfide) groups is 1. The Hall–Kier alpha value is -0.810. The van der Waals surface area contributed by atoms with Gasteiger partial charge in [-0.15, -0.1) is 10.2 Å². The molecule has 0 radical (unpaired) electrons. The van der Waals surface area contributed by atoms with Gasteiger partial charge in [-0.1, -0.05) is 11.6 Å². The van der Waals surface area contributed by atoms with Crippen molar-refractivity contribution in [1.82, 2.24) is 10.2 Å². The number of rotatable bonds is 3. The third-order valence-corrected chi connectivity index (χ3v) is 3.96. The molecule has 1 fully saturated rings. The highest BCUT2D eigenvalue weighted by Gasteiger charge is 2.17. The summed E-state index contributed by atoms with van der Waals surface area (Å²) in [7, 11) is 0. The van der Waals surface area contributed by atoms with Crippen LogP contribution >= 0.6 is 23.4 Å². The second kappa shape index (κ2) is 6.21. The molecule has 6 heteroatoms. The van der Waals surface area contributed by atoms with Crippen LogP contribution in [0, 0.1) is 5.92 Å². The Kier molecular flexibility index (Phi) is 4.62. The van der Waals surface area contributed by atoms with Crippen molar-refractivity contribution in [3.8, 4) is 0 Å². The number of amides is 1. The minimum Gasteiger partial charge on any atom is -0.309 e. The molecule has 4 nitrogen and oxygen atoms in total. The molecule has 0 unspecified atom stereocenters. The molecule has 17 heavy (non-hydrogen) atoms. The minimum absolute atomic E-state index is 0.0125. The SMILES string of the molecule is O=C(CC1CCSCC1)Nc1ccc(Cl)nn1. The summed E-state index contributed by atoms with van der Waals surface area (Å²) in [6, 6.07) is 3.27. The maximum Gasteiger partial charge on any atom is 0.225 e. The van der Waals surface area contributed by atoms with Crippen LogP contribution in [0.25, 0.3) is 0 Å². The van der Waals surface area contributed by atoms with E-state index in [1.807, 2.05) is 11.8 Å². The maximum atomic E-state index is 11.7. The Morgan fingerprint density at radius 1 is 1.41 bits per heavy atom. The van der Waals surface area contributed by atoms with Gasteiger partial charge in [0.1, 0.15) is 0 Å². The van der Waals surface area contributed by atoms with E-state index in [0.29, 0.717) is 23.3 Å². The van der Waals surface area contributed by atoms with Gasteiger partial charge >= 0.3 is 0 Å². The third-order valence-electron chi connectivity index (χ3n) is 2.71. The van der Waals surface area contributed by atoms with Crippen LogP contribution in [-0.2, 0) is 4.79 Å². The van der Waals surface area contributed by atoms with Crippen molar-refractivity contribution in [2.24, 2.45) is 5.92 Å². The van der Waals surface area contributed by atoms with Gasteiger partial charge in [-0.3, -0.25) is 4.79 Å². The fraction of sp³-hybridized carbons (Fsp3) is 0.545. The molecule has 1 aliphatic rings. The van der Waals surface area contributed by atoms with E-state index in [0.717, 1.165) is 12.8 Å². The van der Waals surface area contributed by atoms with E-state index in [1.165, 1.54) is 11.5 Å². The summed E-state index contributed by atoms with van der Waals surface area (Å²) in [5, 5.41) is 10.5. The number of halogens is 1. The van der Waals surface area contributed by atoms with Crippen molar-refractivity contribution in [2.45, 2.75) is 19.3 Å². The van der Waals surface area contributed by atoms with E-state index >= 15 is 0 Å². The molecule has 1 aromatic rings. The minimum atomic E-state index is 0.0125. The summed E-state index contributed by atoms with van der Waals surface area (Å²) in [4.78, 5) is 11.7. The van der Waals surface area contributed by atoms with Gasteiger partial charge in [-0.2, -0.15) is 11.8 Å². The normalized spacial score (nSPS) is 16.8. The zero-order chi connectivity index (χ0) is 12.1. The number of hydrogen-bond donors (Lipinski definition) is 1. The number of nitrogens with one attached hydrogen (secondary N) is 1. The Morgan fingerprint density at radius 2 is 2.18 bits per heavy atom. The van der Waals surface area contributed by atoms with Crippen molar-refractivity contribution in [2.75, 3.05) is 16.8 Å². The van der Waals surface area contributed by atoms with Crippen LogP contribution in [-0.4, -0.2) is 27.6 Å². The zero-order valence-corrected chi connectivity index (χ0v) is 10.9. The molecule has 2 rings (SSSR count). The predicted octanol–water partition coefficient (Wildman–Crippen LogP) is 2.60. The third kappa shape index (κ3) is 4.16. The predicted molar refractivity (Wildman–Crippen MR) is 70.3 cm³/mol. The summed E-state index contributed by atoms with van der Waals surface area (Å²) in [5.74, 6) is 3.32. The van der Waals surface area contributed by atoms with Crippen LogP contribution in [0.2, 0.25) is 5.15 Å². The first kappa shape index (κ1) is 12.6. The average molecular weight is 272 g/mol. The number of anilines is 1. The number of hydrogen-bond acceptors (Lipinski definition) is 4. The van der Waals surface area contributed by atoms with Gasteiger partial charge in [0.25, 0.3) is 0 Å². The van der Waals surface area contributed by atoms with Crippen molar-refractivity contribution >= 4 is 35.1 Å². The molecule has 1 N–H and O–H groups in total. The standard InChI is InChI=1S/C11H14ClN3OS/c12-9-1-2-10(15-14-9)13-11(16)7-8-3-5-17-6-4-8/h1-2,8H,3-7H2,(H,13,15,16). The Bertz CT molecular complexity index is 379.